The molecule has 1 aromatic carbocycles. The summed E-state index contributed by atoms with van der Waals surface area (Å²) in [5.41, 5.74) is 2.79. The molecule has 136 valence electrons. The predicted molar refractivity (Wildman–Crippen MR) is 104 cm³/mol. The first-order valence-electron chi connectivity index (χ1n) is 8.60. The molecule has 1 aromatic heterocycles. The molecular formula is C20H22N2O3S. The Morgan fingerprint density at radius 3 is 2.81 bits per heavy atom. The van der Waals surface area contributed by atoms with Crippen LogP contribution in [0.5, 0.6) is 0 Å². The molecule has 26 heavy (non-hydrogen) atoms. The molecule has 2 aromatic rings. The second-order valence-corrected chi connectivity index (χ2v) is 7.57. The van der Waals surface area contributed by atoms with E-state index in [-0.39, 0.29) is 23.7 Å². The van der Waals surface area contributed by atoms with Crippen LogP contribution in [0.3, 0.4) is 0 Å². The van der Waals surface area contributed by atoms with Crippen molar-refractivity contribution in [2.45, 2.75) is 26.2 Å². The first-order chi connectivity index (χ1) is 12.5. The molecule has 1 heterocycles. The SMILES string of the molecule is COC(=O)[C@H]1C[C@H]1C(=O)Nc1cccc(/C=C/c2nc(C(C)C)cs2)c1. The van der Waals surface area contributed by atoms with E-state index in [1.165, 1.54) is 7.11 Å². The van der Waals surface area contributed by atoms with E-state index in [0.29, 0.717) is 12.3 Å². The maximum absolute atomic E-state index is 12.2. The Morgan fingerprint density at radius 1 is 1.31 bits per heavy atom. The van der Waals surface area contributed by atoms with Crippen molar-refractivity contribution in [3.63, 3.8) is 0 Å². The zero-order valence-corrected chi connectivity index (χ0v) is 15.9. The van der Waals surface area contributed by atoms with Gasteiger partial charge < -0.3 is 10.1 Å². The Morgan fingerprint density at radius 2 is 2.12 bits per heavy atom. The third-order valence-corrected chi connectivity index (χ3v) is 5.16. The molecule has 1 N–H and O–H groups in total. The second-order valence-electron chi connectivity index (χ2n) is 6.69. The third kappa shape index (κ3) is 4.38. The van der Waals surface area contributed by atoms with Crippen molar-refractivity contribution in [2.24, 2.45) is 11.8 Å². The summed E-state index contributed by atoms with van der Waals surface area (Å²) in [6.45, 7) is 4.25. The second kappa shape index (κ2) is 7.83. The highest BCUT2D eigenvalue weighted by Crippen LogP contribution is 2.40. The lowest BCUT2D eigenvalue weighted by molar-refractivity contribution is -0.143. The van der Waals surface area contributed by atoms with Gasteiger partial charge in [0.2, 0.25) is 5.91 Å². The average molecular weight is 370 g/mol. The Hall–Kier alpha value is -2.47. The van der Waals surface area contributed by atoms with Gasteiger partial charge in [0.15, 0.2) is 0 Å². The highest BCUT2D eigenvalue weighted by molar-refractivity contribution is 7.10. The van der Waals surface area contributed by atoms with E-state index in [1.807, 2.05) is 36.4 Å². The van der Waals surface area contributed by atoms with Crippen molar-refractivity contribution in [3.8, 4) is 0 Å². The zero-order chi connectivity index (χ0) is 18.7. The van der Waals surface area contributed by atoms with E-state index in [9.17, 15) is 9.59 Å². The molecule has 0 radical (unpaired) electrons. The van der Waals surface area contributed by atoms with Gasteiger partial charge in [0.05, 0.1) is 24.6 Å². The van der Waals surface area contributed by atoms with E-state index < -0.39 is 0 Å². The van der Waals surface area contributed by atoms with Crippen LogP contribution in [0.15, 0.2) is 29.6 Å². The van der Waals surface area contributed by atoms with Crippen molar-refractivity contribution in [1.29, 1.82) is 0 Å². The molecule has 1 aliphatic rings. The molecular weight excluding hydrogens is 348 g/mol. The first-order valence-corrected chi connectivity index (χ1v) is 9.48. The lowest BCUT2D eigenvalue weighted by atomic mass is 10.1. The van der Waals surface area contributed by atoms with Crippen LogP contribution < -0.4 is 5.32 Å². The molecule has 1 fully saturated rings. The Kier molecular flexibility index (Phi) is 5.52. The predicted octanol–water partition coefficient (Wildman–Crippen LogP) is 4.18. The Labute approximate surface area is 157 Å². The van der Waals surface area contributed by atoms with E-state index in [1.54, 1.807) is 11.3 Å². The summed E-state index contributed by atoms with van der Waals surface area (Å²) in [6, 6.07) is 7.60. The monoisotopic (exact) mass is 370 g/mol. The molecule has 1 aliphatic carbocycles. The normalized spacial score (nSPS) is 18.9. The number of thiazole rings is 1. The van der Waals surface area contributed by atoms with E-state index in [0.717, 1.165) is 22.0 Å². The molecule has 1 amide bonds. The molecule has 5 nitrogen and oxygen atoms in total. The first kappa shape index (κ1) is 18.3. The van der Waals surface area contributed by atoms with Gasteiger partial charge in [-0.1, -0.05) is 32.1 Å². The number of rotatable bonds is 6. The number of amides is 1. The van der Waals surface area contributed by atoms with E-state index in [2.05, 4.69) is 34.3 Å². The standard InChI is InChI=1S/C20H22N2O3S/c1-12(2)17-11-26-18(22-17)8-7-13-5-4-6-14(9-13)21-19(23)15-10-16(15)20(24)25-3/h4-9,11-12,15-16H,10H2,1-3H3,(H,21,23)/b8-7+/t15-,16+/m1/s1. The minimum absolute atomic E-state index is 0.136. The summed E-state index contributed by atoms with van der Waals surface area (Å²) < 4.78 is 4.68. The minimum Gasteiger partial charge on any atom is -0.469 e. The van der Waals surface area contributed by atoms with Gasteiger partial charge in [0, 0.05) is 11.1 Å². The van der Waals surface area contributed by atoms with Crippen molar-refractivity contribution >= 4 is 41.1 Å². The summed E-state index contributed by atoms with van der Waals surface area (Å²) >= 11 is 1.62. The third-order valence-electron chi connectivity index (χ3n) is 4.33. The Bertz CT molecular complexity index is 841. The number of benzene rings is 1. The fraction of sp³-hybridized carbons (Fsp3) is 0.350. The number of anilines is 1. The number of methoxy groups -OCH3 is 1. The van der Waals surface area contributed by atoms with Crippen LogP contribution in [0.4, 0.5) is 5.69 Å². The molecule has 0 unspecified atom stereocenters. The summed E-state index contributed by atoms with van der Waals surface area (Å²) in [5.74, 6) is -0.619. The molecule has 0 aliphatic heterocycles. The number of ether oxygens (including phenoxy) is 1. The van der Waals surface area contributed by atoms with Crippen molar-refractivity contribution < 1.29 is 14.3 Å². The lowest BCUT2D eigenvalue weighted by Crippen LogP contribution is -2.17. The highest BCUT2D eigenvalue weighted by Gasteiger charge is 2.48. The Balaban J connectivity index is 1.62. The van der Waals surface area contributed by atoms with Gasteiger partial charge in [0.25, 0.3) is 0 Å². The number of nitrogens with one attached hydrogen (secondary N) is 1. The van der Waals surface area contributed by atoms with Crippen LogP contribution in [0, 0.1) is 11.8 Å². The number of nitrogens with zero attached hydrogens (tertiary/aromatic N) is 1. The molecule has 3 rings (SSSR count). The molecule has 2 atom stereocenters. The van der Waals surface area contributed by atoms with Crippen LogP contribution in [-0.4, -0.2) is 24.0 Å². The maximum atomic E-state index is 12.2. The van der Waals surface area contributed by atoms with Crippen molar-refractivity contribution in [2.75, 3.05) is 12.4 Å². The van der Waals surface area contributed by atoms with Gasteiger partial charge in [-0.15, -0.1) is 11.3 Å². The number of esters is 1. The number of hydrogen-bond acceptors (Lipinski definition) is 5. The van der Waals surface area contributed by atoms with Gasteiger partial charge in [-0.2, -0.15) is 0 Å². The fourth-order valence-corrected chi connectivity index (χ4v) is 3.53. The summed E-state index contributed by atoms with van der Waals surface area (Å²) in [4.78, 5) is 28.2. The summed E-state index contributed by atoms with van der Waals surface area (Å²) in [7, 11) is 1.35. The number of aromatic nitrogens is 1. The summed E-state index contributed by atoms with van der Waals surface area (Å²) in [6.07, 6.45) is 4.51. The van der Waals surface area contributed by atoms with E-state index in [4.69, 9.17) is 0 Å². The number of carbonyl (C=O) groups excluding carboxylic acids is 2. The molecule has 0 bridgehead atoms. The van der Waals surface area contributed by atoms with Gasteiger partial charge in [-0.25, -0.2) is 4.98 Å². The maximum Gasteiger partial charge on any atom is 0.309 e. The van der Waals surface area contributed by atoms with Crippen LogP contribution >= 0.6 is 11.3 Å². The number of carbonyl (C=O) groups is 2. The fourth-order valence-electron chi connectivity index (χ4n) is 2.66. The molecule has 0 saturated heterocycles. The zero-order valence-electron chi connectivity index (χ0n) is 15.1. The quantitative estimate of drug-likeness (QED) is 0.775. The van der Waals surface area contributed by atoms with Crippen LogP contribution in [-0.2, 0) is 14.3 Å². The van der Waals surface area contributed by atoms with Gasteiger partial charge in [-0.3, -0.25) is 9.59 Å². The van der Waals surface area contributed by atoms with Crippen LogP contribution in [0.1, 0.15) is 42.5 Å². The smallest absolute Gasteiger partial charge is 0.309 e. The van der Waals surface area contributed by atoms with Crippen LogP contribution in [0.2, 0.25) is 0 Å². The molecule has 0 spiro atoms. The largest absolute Gasteiger partial charge is 0.469 e. The van der Waals surface area contributed by atoms with Crippen LogP contribution in [0.25, 0.3) is 12.2 Å². The van der Waals surface area contributed by atoms with E-state index >= 15 is 0 Å². The average Bonchev–Trinajstić information content (AvgIpc) is 3.29. The van der Waals surface area contributed by atoms with Gasteiger partial charge in [-0.05, 0) is 36.1 Å². The highest BCUT2D eigenvalue weighted by atomic mass is 32.1. The lowest BCUT2D eigenvalue weighted by Gasteiger charge is -2.05. The van der Waals surface area contributed by atoms with Gasteiger partial charge in [0.1, 0.15) is 5.01 Å². The molecule has 1 saturated carbocycles. The number of hydrogen-bond donors (Lipinski definition) is 1. The van der Waals surface area contributed by atoms with Crippen molar-refractivity contribution in [1.82, 2.24) is 4.98 Å². The topological polar surface area (TPSA) is 68.3 Å². The summed E-state index contributed by atoms with van der Waals surface area (Å²) in [5, 5.41) is 5.91. The minimum atomic E-state index is -0.314. The van der Waals surface area contributed by atoms with Crippen molar-refractivity contribution in [3.05, 3.63) is 45.9 Å². The molecule has 6 heteroatoms. The van der Waals surface area contributed by atoms with Gasteiger partial charge >= 0.3 is 5.97 Å².